The lowest BCUT2D eigenvalue weighted by Crippen LogP contribution is -2.44. The molecule has 1 fully saturated rings. The van der Waals surface area contributed by atoms with E-state index in [1.807, 2.05) is 18.3 Å². The first-order valence-corrected chi connectivity index (χ1v) is 10.8. The Hall–Kier alpha value is -2.70. The van der Waals surface area contributed by atoms with E-state index >= 15 is 0 Å². The summed E-state index contributed by atoms with van der Waals surface area (Å²) >= 11 is 0. The standard InChI is InChI=1S/C24H29N5O/c1-15-10-18(14-29-8-6-28(3)7-9-29)16(2)19(11-15)20-12-22(30)26-21-5-4-17-13-25-27-24(17)23(20)21/h4-5,10-11,13,20H,6-9,12,14H2,1-3H3,(H,25,27)(H,26,30). The van der Waals surface area contributed by atoms with E-state index in [2.05, 4.69) is 58.3 Å². The minimum absolute atomic E-state index is 0.0315. The number of aromatic amines is 1. The van der Waals surface area contributed by atoms with Crippen LogP contribution in [0.2, 0.25) is 0 Å². The molecule has 1 saturated heterocycles. The molecule has 0 spiro atoms. The molecule has 0 saturated carbocycles. The Bertz CT molecular complexity index is 1110. The van der Waals surface area contributed by atoms with Crippen molar-refractivity contribution >= 4 is 22.5 Å². The number of benzene rings is 2. The molecule has 0 bridgehead atoms. The molecular formula is C24H29N5O. The van der Waals surface area contributed by atoms with E-state index in [1.165, 1.54) is 22.3 Å². The van der Waals surface area contributed by atoms with Gasteiger partial charge in [-0.25, -0.2) is 0 Å². The van der Waals surface area contributed by atoms with Gasteiger partial charge in [0, 0.05) is 61.7 Å². The summed E-state index contributed by atoms with van der Waals surface area (Å²) in [5.41, 5.74) is 8.28. The highest BCUT2D eigenvalue weighted by Crippen LogP contribution is 2.42. The number of aryl methyl sites for hydroxylation is 1. The van der Waals surface area contributed by atoms with Crippen LogP contribution in [0.1, 0.15) is 40.2 Å². The predicted molar refractivity (Wildman–Crippen MR) is 120 cm³/mol. The Balaban J connectivity index is 1.57. The summed E-state index contributed by atoms with van der Waals surface area (Å²) in [6, 6.07) is 8.61. The topological polar surface area (TPSA) is 64.3 Å². The van der Waals surface area contributed by atoms with E-state index in [4.69, 9.17) is 0 Å². The minimum Gasteiger partial charge on any atom is -0.326 e. The highest BCUT2D eigenvalue weighted by atomic mass is 16.1. The first-order valence-electron chi connectivity index (χ1n) is 10.8. The maximum Gasteiger partial charge on any atom is 0.225 e. The van der Waals surface area contributed by atoms with Gasteiger partial charge in [0.15, 0.2) is 0 Å². The zero-order chi connectivity index (χ0) is 20.8. The molecule has 2 aliphatic rings. The van der Waals surface area contributed by atoms with Crippen LogP contribution in [0.15, 0.2) is 30.5 Å². The number of H-pyrrole nitrogens is 1. The maximum atomic E-state index is 12.6. The van der Waals surface area contributed by atoms with E-state index in [0.29, 0.717) is 6.42 Å². The first-order chi connectivity index (χ1) is 14.5. The van der Waals surface area contributed by atoms with Gasteiger partial charge in [-0.1, -0.05) is 17.7 Å². The number of carbonyl (C=O) groups is 1. The molecule has 2 aromatic carbocycles. The number of aromatic nitrogens is 2. The summed E-state index contributed by atoms with van der Waals surface area (Å²) in [6.45, 7) is 9.79. The monoisotopic (exact) mass is 403 g/mol. The van der Waals surface area contributed by atoms with E-state index in [0.717, 1.165) is 54.9 Å². The van der Waals surface area contributed by atoms with Gasteiger partial charge >= 0.3 is 0 Å². The van der Waals surface area contributed by atoms with Crippen LogP contribution in [0.4, 0.5) is 5.69 Å². The van der Waals surface area contributed by atoms with Gasteiger partial charge in [0.1, 0.15) is 0 Å². The van der Waals surface area contributed by atoms with Gasteiger partial charge in [0.25, 0.3) is 0 Å². The van der Waals surface area contributed by atoms with Gasteiger partial charge in [0.05, 0.1) is 11.7 Å². The lowest BCUT2D eigenvalue weighted by molar-refractivity contribution is -0.116. The number of rotatable bonds is 3. The number of hydrogen-bond donors (Lipinski definition) is 2. The van der Waals surface area contributed by atoms with Crippen molar-refractivity contribution in [2.75, 3.05) is 38.5 Å². The minimum atomic E-state index is 0.0315. The molecule has 30 heavy (non-hydrogen) atoms. The number of nitrogens with one attached hydrogen (secondary N) is 2. The average Bonchev–Trinajstić information content (AvgIpc) is 3.20. The maximum absolute atomic E-state index is 12.6. The van der Waals surface area contributed by atoms with E-state index < -0.39 is 0 Å². The summed E-state index contributed by atoms with van der Waals surface area (Å²) in [7, 11) is 2.19. The zero-order valence-corrected chi connectivity index (χ0v) is 18.0. The van der Waals surface area contributed by atoms with Crippen LogP contribution in [0.25, 0.3) is 10.9 Å². The number of anilines is 1. The summed E-state index contributed by atoms with van der Waals surface area (Å²) in [4.78, 5) is 17.5. The third kappa shape index (κ3) is 3.40. The quantitative estimate of drug-likeness (QED) is 0.704. The number of nitrogens with zero attached hydrogens (tertiary/aromatic N) is 3. The van der Waals surface area contributed by atoms with Crippen molar-refractivity contribution in [2.45, 2.75) is 32.7 Å². The van der Waals surface area contributed by atoms with Crippen LogP contribution in [-0.2, 0) is 11.3 Å². The van der Waals surface area contributed by atoms with Crippen molar-refractivity contribution in [3.05, 3.63) is 58.3 Å². The fourth-order valence-corrected chi connectivity index (χ4v) is 5.00. The largest absolute Gasteiger partial charge is 0.326 e. The van der Waals surface area contributed by atoms with Crippen molar-refractivity contribution < 1.29 is 4.79 Å². The zero-order valence-electron chi connectivity index (χ0n) is 18.0. The highest BCUT2D eigenvalue weighted by Gasteiger charge is 2.31. The van der Waals surface area contributed by atoms with Crippen LogP contribution in [-0.4, -0.2) is 59.1 Å². The molecule has 2 N–H and O–H groups in total. The highest BCUT2D eigenvalue weighted by molar-refractivity contribution is 6.00. The molecule has 1 unspecified atom stereocenters. The Morgan fingerprint density at radius 3 is 2.73 bits per heavy atom. The molecule has 3 heterocycles. The number of hydrogen-bond acceptors (Lipinski definition) is 4. The van der Waals surface area contributed by atoms with Gasteiger partial charge in [-0.05, 0) is 49.7 Å². The second-order valence-corrected chi connectivity index (χ2v) is 8.88. The molecular weight excluding hydrogens is 374 g/mol. The molecule has 6 heteroatoms. The number of fused-ring (bicyclic) bond motifs is 3. The van der Waals surface area contributed by atoms with Gasteiger partial charge in [-0.2, -0.15) is 5.10 Å². The van der Waals surface area contributed by atoms with Crippen LogP contribution >= 0.6 is 0 Å². The molecule has 2 aliphatic heterocycles. The van der Waals surface area contributed by atoms with Crippen molar-refractivity contribution in [3.8, 4) is 0 Å². The molecule has 6 nitrogen and oxygen atoms in total. The van der Waals surface area contributed by atoms with Crippen LogP contribution < -0.4 is 5.32 Å². The fourth-order valence-electron chi connectivity index (χ4n) is 5.00. The van der Waals surface area contributed by atoms with Crippen molar-refractivity contribution in [1.82, 2.24) is 20.0 Å². The van der Waals surface area contributed by atoms with Crippen LogP contribution in [0.3, 0.4) is 0 Å². The second kappa shape index (κ2) is 7.52. The molecule has 1 aromatic heterocycles. The van der Waals surface area contributed by atoms with E-state index in [1.54, 1.807) is 0 Å². The summed E-state index contributed by atoms with van der Waals surface area (Å²) in [5.74, 6) is 0.108. The Kier molecular flexibility index (Phi) is 4.83. The SMILES string of the molecule is Cc1cc(CN2CCN(C)CC2)c(C)c(C2CC(=O)Nc3ccc4cn[nH]c4c32)c1. The number of piperazine rings is 1. The van der Waals surface area contributed by atoms with Crippen LogP contribution in [0.5, 0.6) is 0 Å². The third-order valence-electron chi connectivity index (χ3n) is 6.73. The van der Waals surface area contributed by atoms with Crippen molar-refractivity contribution in [1.29, 1.82) is 0 Å². The van der Waals surface area contributed by atoms with E-state index in [9.17, 15) is 4.79 Å². The molecule has 1 atom stereocenters. The lowest BCUT2D eigenvalue weighted by atomic mass is 9.80. The molecule has 1 amide bonds. The number of amides is 1. The van der Waals surface area contributed by atoms with Gasteiger partial charge in [-0.3, -0.25) is 14.8 Å². The molecule has 156 valence electrons. The normalized spacial score (nSPS) is 20.4. The van der Waals surface area contributed by atoms with Crippen LogP contribution in [0, 0.1) is 13.8 Å². The molecule has 0 aliphatic carbocycles. The average molecular weight is 404 g/mol. The lowest BCUT2D eigenvalue weighted by Gasteiger charge is -2.33. The van der Waals surface area contributed by atoms with E-state index in [-0.39, 0.29) is 11.8 Å². The van der Waals surface area contributed by atoms with Crippen molar-refractivity contribution in [3.63, 3.8) is 0 Å². The molecule has 5 rings (SSSR count). The summed E-state index contributed by atoms with van der Waals surface area (Å²) in [5, 5.41) is 11.6. The predicted octanol–water partition coefficient (Wildman–Crippen LogP) is 3.40. The number of carbonyl (C=O) groups excluding carboxylic acids is 1. The molecule has 3 aromatic rings. The van der Waals surface area contributed by atoms with Gasteiger partial charge in [0.2, 0.25) is 5.91 Å². The van der Waals surface area contributed by atoms with Crippen molar-refractivity contribution in [2.24, 2.45) is 0 Å². The fraction of sp³-hybridized carbons (Fsp3) is 0.417. The second-order valence-electron chi connectivity index (χ2n) is 8.88. The molecule has 0 radical (unpaired) electrons. The van der Waals surface area contributed by atoms with Gasteiger partial charge in [-0.15, -0.1) is 0 Å². The third-order valence-corrected chi connectivity index (χ3v) is 6.73. The summed E-state index contributed by atoms with van der Waals surface area (Å²) < 4.78 is 0. The summed E-state index contributed by atoms with van der Waals surface area (Å²) in [6.07, 6.45) is 2.31. The first kappa shape index (κ1) is 19.3. The Morgan fingerprint density at radius 1 is 1.13 bits per heavy atom. The van der Waals surface area contributed by atoms with Gasteiger partial charge < -0.3 is 10.2 Å². The Labute approximate surface area is 177 Å². The Morgan fingerprint density at radius 2 is 1.93 bits per heavy atom. The smallest absolute Gasteiger partial charge is 0.225 e. The number of likely N-dealkylation sites (N-methyl/N-ethyl adjacent to an activating group) is 1.